The Hall–Kier alpha value is -2.28. The number of aromatic nitrogens is 1. The first-order valence-electron chi connectivity index (χ1n) is 11.7. The molecule has 0 amide bonds. The van der Waals surface area contributed by atoms with E-state index in [1.54, 1.807) is 6.07 Å². The van der Waals surface area contributed by atoms with Gasteiger partial charge < -0.3 is 9.88 Å². The van der Waals surface area contributed by atoms with Crippen LogP contribution in [0.1, 0.15) is 51.0 Å². The van der Waals surface area contributed by atoms with Crippen LogP contribution in [0.3, 0.4) is 0 Å². The Kier molecular flexibility index (Phi) is 7.17. The predicted octanol–water partition coefficient (Wildman–Crippen LogP) is 7.10. The van der Waals surface area contributed by atoms with Crippen molar-refractivity contribution in [1.29, 1.82) is 0 Å². The molecule has 2 aromatic carbocycles. The number of nitrogens with zero attached hydrogens (tertiary/aromatic N) is 1. The van der Waals surface area contributed by atoms with E-state index in [0.29, 0.717) is 28.6 Å². The van der Waals surface area contributed by atoms with E-state index >= 15 is 0 Å². The zero-order chi connectivity index (χ0) is 23.6. The van der Waals surface area contributed by atoms with E-state index < -0.39 is 23.5 Å². The van der Waals surface area contributed by atoms with E-state index in [2.05, 4.69) is 25.2 Å². The lowest BCUT2D eigenvalue weighted by molar-refractivity contribution is -0.139. The zero-order valence-electron chi connectivity index (χ0n) is 19.1. The third kappa shape index (κ3) is 5.62. The van der Waals surface area contributed by atoms with Gasteiger partial charge in [0, 0.05) is 45.1 Å². The minimum Gasteiger partial charge on any atom is -0.382 e. The third-order valence-corrected chi connectivity index (χ3v) is 7.89. The highest BCUT2D eigenvalue weighted by atomic mass is 32.2. The molecule has 0 radical (unpaired) electrons. The lowest BCUT2D eigenvalue weighted by Crippen LogP contribution is -2.29. The van der Waals surface area contributed by atoms with Gasteiger partial charge in [-0.2, -0.15) is 13.2 Å². The average Bonchev–Trinajstić information content (AvgIpc) is 3.13. The van der Waals surface area contributed by atoms with Gasteiger partial charge in [0.05, 0.1) is 5.52 Å². The second-order valence-corrected chi connectivity index (χ2v) is 10.7. The maximum absolute atomic E-state index is 13.6. The summed E-state index contributed by atoms with van der Waals surface area (Å²) in [7, 11) is -0.759. The van der Waals surface area contributed by atoms with E-state index in [1.807, 2.05) is 36.4 Å². The second-order valence-electron chi connectivity index (χ2n) is 9.05. The van der Waals surface area contributed by atoms with Gasteiger partial charge in [-0.15, -0.1) is 0 Å². The molecule has 0 spiro atoms. The van der Waals surface area contributed by atoms with Crippen LogP contribution >= 0.6 is 0 Å². The van der Waals surface area contributed by atoms with Crippen molar-refractivity contribution in [3.05, 3.63) is 54.1 Å². The normalized spacial score (nSPS) is 20.2. The number of alkyl halides is 3. The van der Waals surface area contributed by atoms with Gasteiger partial charge in [-0.05, 0) is 60.6 Å². The molecule has 0 bridgehead atoms. The highest BCUT2D eigenvalue weighted by Gasteiger charge is 2.30. The third-order valence-electron chi connectivity index (χ3n) is 6.50. The minimum absolute atomic E-state index is 0.181. The fourth-order valence-electron chi connectivity index (χ4n) is 4.76. The molecule has 1 saturated heterocycles. The van der Waals surface area contributed by atoms with E-state index in [-0.39, 0.29) is 6.04 Å². The molecule has 1 N–H and O–H groups in total. The summed E-state index contributed by atoms with van der Waals surface area (Å²) in [5, 5.41) is 4.30. The molecule has 7 heteroatoms. The molecule has 1 aliphatic rings. The van der Waals surface area contributed by atoms with Crippen molar-refractivity contribution in [3.8, 4) is 11.3 Å². The Morgan fingerprint density at radius 2 is 1.85 bits per heavy atom. The van der Waals surface area contributed by atoms with Gasteiger partial charge in [0.1, 0.15) is 6.54 Å². The summed E-state index contributed by atoms with van der Waals surface area (Å²) >= 11 is 0. The molecule has 2 heterocycles. The summed E-state index contributed by atoms with van der Waals surface area (Å²) in [6.07, 6.45) is -0.629. The van der Waals surface area contributed by atoms with Crippen molar-refractivity contribution in [2.75, 3.05) is 16.8 Å². The topological polar surface area (TPSA) is 34.0 Å². The fourth-order valence-corrected chi connectivity index (χ4v) is 6.06. The van der Waals surface area contributed by atoms with Gasteiger partial charge in [-0.1, -0.05) is 44.5 Å². The smallest absolute Gasteiger partial charge is 0.382 e. The predicted molar refractivity (Wildman–Crippen MR) is 131 cm³/mol. The molecule has 1 aliphatic heterocycles. The standard InChI is InChI=1S/C26H31F3N2OS/c1-3-6-18(2)19-7-4-8-20(15-19)25-16-22-23(30-21-11-13-33(32)14-12-21)9-5-10-24(22)31(25)17-26(27,28)29/h4-5,7-10,15-16,18,21,30H,3,6,11-14,17H2,1-2H3. The molecule has 3 nitrogen and oxygen atoms in total. The number of rotatable bonds is 7. The summed E-state index contributed by atoms with van der Waals surface area (Å²) in [6.45, 7) is 3.26. The highest BCUT2D eigenvalue weighted by Crippen LogP contribution is 2.36. The van der Waals surface area contributed by atoms with Gasteiger partial charge >= 0.3 is 6.18 Å². The summed E-state index contributed by atoms with van der Waals surface area (Å²) in [5.74, 6) is 1.68. The molecule has 1 atom stereocenters. The van der Waals surface area contributed by atoms with E-state index in [0.717, 1.165) is 47.9 Å². The number of halogens is 3. The minimum atomic E-state index is -4.33. The van der Waals surface area contributed by atoms with Gasteiger partial charge in [0.25, 0.3) is 0 Å². The molecule has 1 unspecified atom stereocenters. The van der Waals surface area contributed by atoms with E-state index in [4.69, 9.17) is 0 Å². The number of nitrogens with one attached hydrogen (secondary N) is 1. The summed E-state index contributed by atoms with van der Waals surface area (Å²) in [5.41, 5.74) is 3.93. The molecule has 1 aromatic heterocycles. The van der Waals surface area contributed by atoms with Gasteiger partial charge in [0.15, 0.2) is 0 Å². The number of hydrogen-bond donors (Lipinski definition) is 1. The fraction of sp³-hybridized carbons (Fsp3) is 0.462. The number of fused-ring (bicyclic) bond motifs is 1. The monoisotopic (exact) mass is 476 g/mol. The number of anilines is 1. The van der Waals surface area contributed by atoms with Crippen molar-refractivity contribution >= 4 is 27.4 Å². The van der Waals surface area contributed by atoms with Crippen molar-refractivity contribution in [1.82, 2.24) is 4.57 Å². The molecule has 0 saturated carbocycles. The van der Waals surface area contributed by atoms with Gasteiger partial charge in [0.2, 0.25) is 0 Å². The van der Waals surface area contributed by atoms with Crippen molar-refractivity contribution in [3.63, 3.8) is 0 Å². The number of benzene rings is 2. The number of hydrogen-bond acceptors (Lipinski definition) is 2. The average molecular weight is 477 g/mol. The van der Waals surface area contributed by atoms with Crippen LogP contribution in [0.25, 0.3) is 22.2 Å². The first kappa shape index (κ1) is 23.9. The lowest BCUT2D eigenvalue weighted by Gasteiger charge is -2.24. The van der Waals surface area contributed by atoms with Crippen LogP contribution < -0.4 is 5.32 Å². The Balaban J connectivity index is 1.78. The molecule has 0 aliphatic carbocycles. The van der Waals surface area contributed by atoms with Crippen LogP contribution in [0.5, 0.6) is 0 Å². The molecule has 3 aromatic rings. The molecule has 1 fully saturated rings. The molecule has 178 valence electrons. The Morgan fingerprint density at radius 3 is 2.55 bits per heavy atom. The van der Waals surface area contributed by atoms with Crippen molar-refractivity contribution in [2.24, 2.45) is 0 Å². The summed E-state index contributed by atoms with van der Waals surface area (Å²) in [4.78, 5) is 0. The summed E-state index contributed by atoms with van der Waals surface area (Å²) in [6, 6.07) is 15.5. The van der Waals surface area contributed by atoms with E-state index in [1.165, 1.54) is 4.57 Å². The zero-order valence-corrected chi connectivity index (χ0v) is 19.9. The maximum atomic E-state index is 13.6. The van der Waals surface area contributed by atoms with Crippen LogP contribution in [-0.2, 0) is 17.3 Å². The molecule has 33 heavy (non-hydrogen) atoms. The van der Waals surface area contributed by atoms with Crippen LogP contribution in [0.4, 0.5) is 18.9 Å². The van der Waals surface area contributed by atoms with Crippen LogP contribution in [0, 0.1) is 0 Å². The first-order valence-corrected chi connectivity index (χ1v) is 13.1. The van der Waals surface area contributed by atoms with Crippen LogP contribution in [0.2, 0.25) is 0 Å². The SMILES string of the molecule is CCCC(C)c1cccc(-c2cc3c(NC4CCS(=O)CC4)cccc3n2CC(F)(F)F)c1. The highest BCUT2D eigenvalue weighted by molar-refractivity contribution is 7.85. The lowest BCUT2D eigenvalue weighted by atomic mass is 9.94. The first-order chi connectivity index (χ1) is 15.7. The van der Waals surface area contributed by atoms with E-state index in [9.17, 15) is 17.4 Å². The van der Waals surface area contributed by atoms with Crippen molar-refractivity contribution in [2.45, 2.75) is 64.2 Å². The molecular formula is C26H31F3N2OS. The van der Waals surface area contributed by atoms with Gasteiger partial charge in [-0.3, -0.25) is 4.21 Å². The van der Waals surface area contributed by atoms with Gasteiger partial charge in [-0.25, -0.2) is 0 Å². The van der Waals surface area contributed by atoms with Crippen LogP contribution in [0.15, 0.2) is 48.5 Å². The maximum Gasteiger partial charge on any atom is 0.406 e. The second kappa shape index (κ2) is 9.92. The van der Waals surface area contributed by atoms with Crippen molar-refractivity contribution < 1.29 is 17.4 Å². The quantitative estimate of drug-likeness (QED) is 0.395. The Morgan fingerprint density at radius 1 is 1.12 bits per heavy atom. The Labute approximate surface area is 195 Å². The Bertz CT molecular complexity index is 1130. The molecule has 4 rings (SSSR count). The molecular weight excluding hydrogens is 445 g/mol. The summed E-state index contributed by atoms with van der Waals surface area (Å²) < 4.78 is 53.9. The van der Waals surface area contributed by atoms with Crippen LogP contribution in [-0.4, -0.2) is 32.5 Å². The largest absolute Gasteiger partial charge is 0.406 e.